The lowest BCUT2D eigenvalue weighted by atomic mass is 9.99. The van der Waals surface area contributed by atoms with E-state index in [-0.39, 0.29) is 5.75 Å². The van der Waals surface area contributed by atoms with Crippen molar-refractivity contribution in [2.45, 2.75) is 12.7 Å². The van der Waals surface area contributed by atoms with Crippen molar-refractivity contribution < 1.29 is 8.76 Å². The monoisotopic (exact) mass is 319 g/mol. The van der Waals surface area contributed by atoms with Gasteiger partial charge in [0, 0.05) is 27.2 Å². The minimum absolute atomic E-state index is 0.120. The van der Waals surface area contributed by atoms with Crippen molar-refractivity contribution in [3.63, 3.8) is 0 Å². The Bertz CT molecular complexity index is 824. The number of aromatic amines is 1. The Labute approximate surface area is 130 Å². The van der Waals surface area contributed by atoms with Crippen LogP contribution in [0.4, 0.5) is 0 Å². The second-order valence-corrected chi connectivity index (χ2v) is 6.31. The maximum absolute atomic E-state index is 11.2. The maximum atomic E-state index is 11.2. The number of fused-ring (bicyclic) bond motifs is 1. The number of hydrogen-bond acceptors (Lipinski definition) is 1. The number of aromatic nitrogens is 1. The fourth-order valence-electron chi connectivity index (χ4n) is 2.68. The third kappa shape index (κ3) is 2.75. The molecular weight excluding hydrogens is 306 g/mol. The highest BCUT2D eigenvalue weighted by molar-refractivity contribution is 7.78. The number of rotatable bonds is 3. The van der Waals surface area contributed by atoms with E-state index >= 15 is 0 Å². The number of H-pyrrole nitrogens is 1. The van der Waals surface area contributed by atoms with Gasteiger partial charge < -0.3 is 9.54 Å². The van der Waals surface area contributed by atoms with Crippen LogP contribution in [0.25, 0.3) is 22.0 Å². The van der Waals surface area contributed by atoms with Crippen LogP contribution in [-0.2, 0) is 16.8 Å². The van der Waals surface area contributed by atoms with Crippen molar-refractivity contribution >= 4 is 33.6 Å². The highest BCUT2D eigenvalue weighted by Gasteiger charge is 2.14. The summed E-state index contributed by atoms with van der Waals surface area (Å²) in [6.45, 7) is 2.00. The van der Waals surface area contributed by atoms with E-state index in [0.717, 1.165) is 33.3 Å². The molecule has 1 unspecified atom stereocenters. The molecule has 21 heavy (non-hydrogen) atoms. The Morgan fingerprint density at radius 2 is 1.90 bits per heavy atom. The van der Waals surface area contributed by atoms with E-state index < -0.39 is 11.1 Å². The van der Waals surface area contributed by atoms with Gasteiger partial charge in [0.1, 0.15) is 0 Å². The molecule has 3 nitrogen and oxygen atoms in total. The first kappa shape index (κ1) is 14.3. The van der Waals surface area contributed by atoms with Gasteiger partial charge in [0.15, 0.2) is 11.1 Å². The summed E-state index contributed by atoms with van der Waals surface area (Å²) >= 11 is 4.08. The number of benzene rings is 2. The molecule has 0 saturated heterocycles. The first-order valence-electron chi connectivity index (χ1n) is 6.50. The van der Waals surface area contributed by atoms with E-state index in [2.05, 4.69) is 4.98 Å². The molecule has 1 aromatic heterocycles. The van der Waals surface area contributed by atoms with Crippen LogP contribution < -0.4 is 0 Å². The van der Waals surface area contributed by atoms with Crippen molar-refractivity contribution in [1.82, 2.24) is 4.98 Å². The van der Waals surface area contributed by atoms with E-state index in [1.165, 1.54) is 0 Å². The third-order valence-corrected chi connectivity index (χ3v) is 4.32. The number of halogens is 1. The van der Waals surface area contributed by atoms with Gasteiger partial charge in [-0.1, -0.05) is 35.9 Å². The first-order chi connectivity index (χ1) is 10.1. The van der Waals surface area contributed by atoms with Crippen molar-refractivity contribution in [1.29, 1.82) is 0 Å². The molecule has 3 aromatic rings. The van der Waals surface area contributed by atoms with Gasteiger partial charge in [0.05, 0.1) is 5.75 Å². The van der Waals surface area contributed by atoms with Gasteiger partial charge in [-0.05, 0) is 36.2 Å². The second kappa shape index (κ2) is 5.64. The summed E-state index contributed by atoms with van der Waals surface area (Å²) in [5, 5.41) is 1.69. The zero-order valence-electron chi connectivity index (χ0n) is 11.4. The summed E-state index contributed by atoms with van der Waals surface area (Å²) in [4.78, 5) is 3.34. The molecule has 0 spiro atoms. The summed E-state index contributed by atoms with van der Waals surface area (Å²) in [7, 11) is 0. The molecule has 3 rings (SSSR count). The lowest BCUT2D eigenvalue weighted by Crippen LogP contribution is -1.94. The molecule has 1 atom stereocenters. The molecule has 108 valence electrons. The molecule has 1 heterocycles. The minimum atomic E-state index is -1.87. The molecule has 0 amide bonds. The predicted molar refractivity (Wildman–Crippen MR) is 88.0 cm³/mol. The fraction of sp³-hybridized carbons (Fsp3) is 0.125. The summed E-state index contributed by atoms with van der Waals surface area (Å²) in [6, 6.07) is 13.4. The van der Waals surface area contributed by atoms with Crippen LogP contribution in [-0.4, -0.2) is 13.7 Å². The SMILES string of the molecule is Cc1[nH]c2cccc(CS(=O)O)c2c1-c1ccc(Cl)cc1. The number of nitrogens with one attached hydrogen (secondary N) is 1. The third-order valence-electron chi connectivity index (χ3n) is 3.51. The Morgan fingerprint density at radius 3 is 2.57 bits per heavy atom. The van der Waals surface area contributed by atoms with Gasteiger partial charge in [-0.25, -0.2) is 4.21 Å². The zero-order chi connectivity index (χ0) is 15.0. The van der Waals surface area contributed by atoms with Crippen LogP contribution in [0.15, 0.2) is 42.5 Å². The van der Waals surface area contributed by atoms with E-state index in [0.29, 0.717) is 5.02 Å². The molecule has 0 bridgehead atoms. The summed E-state index contributed by atoms with van der Waals surface area (Å²) in [6.07, 6.45) is 0. The normalized spacial score (nSPS) is 12.7. The van der Waals surface area contributed by atoms with Crippen molar-refractivity contribution in [3.05, 3.63) is 58.7 Å². The van der Waals surface area contributed by atoms with Gasteiger partial charge in [-0.15, -0.1) is 0 Å². The van der Waals surface area contributed by atoms with Crippen molar-refractivity contribution in [3.8, 4) is 11.1 Å². The highest BCUT2D eigenvalue weighted by Crippen LogP contribution is 2.35. The highest BCUT2D eigenvalue weighted by atomic mass is 35.5. The van der Waals surface area contributed by atoms with E-state index in [9.17, 15) is 8.76 Å². The average molecular weight is 320 g/mol. The summed E-state index contributed by atoms with van der Waals surface area (Å²) < 4.78 is 20.4. The molecule has 2 N–H and O–H groups in total. The quantitative estimate of drug-likeness (QED) is 0.697. The van der Waals surface area contributed by atoms with Crippen LogP contribution in [0, 0.1) is 6.92 Å². The largest absolute Gasteiger partial charge is 0.358 e. The molecule has 0 fully saturated rings. The fourth-order valence-corrected chi connectivity index (χ4v) is 3.31. The lowest BCUT2D eigenvalue weighted by Gasteiger charge is -2.06. The van der Waals surface area contributed by atoms with Crippen LogP contribution in [0.1, 0.15) is 11.3 Å². The van der Waals surface area contributed by atoms with Crippen LogP contribution in [0.2, 0.25) is 5.02 Å². The summed E-state index contributed by atoms with van der Waals surface area (Å²) in [5.74, 6) is 0.120. The van der Waals surface area contributed by atoms with E-state index in [4.69, 9.17) is 11.6 Å². The molecular formula is C16H14ClNO2S. The smallest absolute Gasteiger partial charge is 0.157 e. The van der Waals surface area contributed by atoms with Crippen molar-refractivity contribution in [2.24, 2.45) is 0 Å². The van der Waals surface area contributed by atoms with Crippen LogP contribution >= 0.6 is 11.6 Å². The second-order valence-electron chi connectivity index (χ2n) is 4.94. The Hall–Kier alpha value is -1.62. The van der Waals surface area contributed by atoms with E-state index in [1.807, 2.05) is 49.4 Å². The maximum Gasteiger partial charge on any atom is 0.157 e. The Morgan fingerprint density at radius 1 is 1.19 bits per heavy atom. The molecule has 0 aliphatic heterocycles. The minimum Gasteiger partial charge on any atom is -0.358 e. The number of hydrogen-bond donors (Lipinski definition) is 2. The Balaban J connectivity index is 2.28. The molecule has 2 aromatic carbocycles. The molecule has 0 aliphatic carbocycles. The molecule has 5 heteroatoms. The molecule has 0 saturated carbocycles. The average Bonchev–Trinajstić information content (AvgIpc) is 2.76. The van der Waals surface area contributed by atoms with Crippen LogP contribution in [0.5, 0.6) is 0 Å². The van der Waals surface area contributed by atoms with Gasteiger partial charge >= 0.3 is 0 Å². The predicted octanol–water partition coefficient (Wildman–Crippen LogP) is 4.52. The lowest BCUT2D eigenvalue weighted by molar-refractivity contribution is 0.563. The molecule has 0 radical (unpaired) electrons. The zero-order valence-corrected chi connectivity index (χ0v) is 13.0. The van der Waals surface area contributed by atoms with Gasteiger partial charge in [-0.2, -0.15) is 0 Å². The standard InChI is InChI=1S/C16H14ClNO2S/c1-10-15(11-5-7-13(17)8-6-11)16-12(9-21(19)20)3-2-4-14(16)18-10/h2-8,18H,9H2,1H3,(H,19,20). The first-order valence-corrected chi connectivity index (χ1v) is 8.15. The van der Waals surface area contributed by atoms with Gasteiger partial charge in [0.2, 0.25) is 0 Å². The number of aryl methyl sites for hydroxylation is 1. The summed E-state index contributed by atoms with van der Waals surface area (Å²) in [5.41, 5.74) is 4.97. The van der Waals surface area contributed by atoms with E-state index in [1.54, 1.807) is 0 Å². The van der Waals surface area contributed by atoms with Gasteiger partial charge in [-0.3, -0.25) is 0 Å². The molecule has 0 aliphatic rings. The van der Waals surface area contributed by atoms with Gasteiger partial charge in [0.25, 0.3) is 0 Å². The Kier molecular flexibility index (Phi) is 3.85. The van der Waals surface area contributed by atoms with Crippen molar-refractivity contribution in [2.75, 3.05) is 0 Å². The van der Waals surface area contributed by atoms with Crippen LogP contribution in [0.3, 0.4) is 0 Å². The topological polar surface area (TPSA) is 53.1 Å².